The Hall–Kier alpha value is -3.83. The standard InChI is InChI=1S/C25H28N6O2/c1-4-11-30-18(3)22-24(31(12-5-2)25(30)33)28-23(27-22)21-15-26-29(16-21)13-7-10-19-8-6-9-20(14-19)17-32/h6,8-9,14-16,32H,3-5,11-13,17H2,1-2H3,(H,27,28). The van der Waals surface area contributed by atoms with Crippen LogP contribution in [0.5, 0.6) is 0 Å². The van der Waals surface area contributed by atoms with Crippen molar-refractivity contribution in [2.24, 2.45) is 0 Å². The monoisotopic (exact) mass is 444 g/mol. The zero-order valence-electron chi connectivity index (χ0n) is 19.0. The Balaban J connectivity index is 1.56. The molecule has 1 aromatic carbocycles. The Bertz CT molecular complexity index is 1230. The molecule has 0 radical (unpaired) electrons. The number of aliphatic hydroxyl groups is 1. The fourth-order valence-electron chi connectivity index (χ4n) is 3.81. The molecule has 2 N–H and O–H groups in total. The van der Waals surface area contributed by atoms with Crippen molar-refractivity contribution in [2.75, 3.05) is 18.0 Å². The highest BCUT2D eigenvalue weighted by atomic mass is 16.3. The number of amides is 2. The van der Waals surface area contributed by atoms with Crippen molar-refractivity contribution in [3.05, 3.63) is 60.1 Å². The van der Waals surface area contributed by atoms with E-state index < -0.39 is 0 Å². The molecule has 4 rings (SSSR count). The highest BCUT2D eigenvalue weighted by molar-refractivity contribution is 6.03. The van der Waals surface area contributed by atoms with Crippen LogP contribution in [-0.4, -0.2) is 48.9 Å². The Labute approximate surface area is 193 Å². The van der Waals surface area contributed by atoms with Gasteiger partial charge in [0.2, 0.25) is 0 Å². The van der Waals surface area contributed by atoms with E-state index in [1.807, 2.05) is 44.3 Å². The molecular formula is C25H28N6O2. The lowest BCUT2D eigenvalue weighted by molar-refractivity contribution is 0.223. The van der Waals surface area contributed by atoms with Crippen LogP contribution in [0.4, 0.5) is 10.6 Å². The van der Waals surface area contributed by atoms with Gasteiger partial charge < -0.3 is 10.1 Å². The lowest BCUT2D eigenvalue weighted by atomic mass is 10.1. The third kappa shape index (κ3) is 4.54. The van der Waals surface area contributed by atoms with Gasteiger partial charge in [-0.2, -0.15) is 5.10 Å². The number of nitrogens with one attached hydrogen (secondary N) is 1. The van der Waals surface area contributed by atoms with Gasteiger partial charge in [-0.1, -0.05) is 44.4 Å². The number of hydrogen-bond donors (Lipinski definition) is 2. The van der Waals surface area contributed by atoms with E-state index in [0.29, 0.717) is 37.0 Å². The highest BCUT2D eigenvalue weighted by Crippen LogP contribution is 2.35. The molecule has 1 aliphatic rings. The van der Waals surface area contributed by atoms with Crippen LogP contribution >= 0.6 is 0 Å². The number of H-pyrrole nitrogens is 1. The van der Waals surface area contributed by atoms with E-state index in [0.717, 1.165) is 35.2 Å². The van der Waals surface area contributed by atoms with Gasteiger partial charge in [-0.3, -0.25) is 14.5 Å². The van der Waals surface area contributed by atoms with E-state index in [1.165, 1.54) is 0 Å². The number of carbonyl (C=O) groups excluding carboxylic acids is 1. The second-order valence-corrected chi connectivity index (χ2v) is 7.90. The van der Waals surface area contributed by atoms with Gasteiger partial charge in [-0.15, -0.1) is 0 Å². The number of carbonyl (C=O) groups is 1. The molecule has 0 spiro atoms. The van der Waals surface area contributed by atoms with Gasteiger partial charge in [-0.25, -0.2) is 9.78 Å². The predicted molar refractivity (Wildman–Crippen MR) is 128 cm³/mol. The van der Waals surface area contributed by atoms with Crippen LogP contribution in [0.15, 0.2) is 43.2 Å². The minimum absolute atomic E-state index is 0.00489. The lowest BCUT2D eigenvalue weighted by Crippen LogP contribution is -2.46. The van der Waals surface area contributed by atoms with E-state index in [4.69, 9.17) is 4.98 Å². The van der Waals surface area contributed by atoms with Crippen LogP contribution in [0.3, 0.4) is 0 Å². The van der Waals surface area contributed by atoms with E-state index in [-0.39, 0.29) is 12.6 Å². The second-order valence-electron chi connectivity index (χ2n) is 7.90. The van der Waals surface area contributed by atoms with Crippen LogP contribution in [0.2, 0.25) is 0 Å². The topological polar surface area (TPSA) is 90.3 Å². The van der Waals surface area contributed by atoms with E-state index in [2.05, 4.69) is 28.5 Å². The highest BCUT2D eigenvalue weighted by Gasteiger charge is 2.35. The maximum atomic E-state index is 13.0. The average molecular weight is 445 g/mol. The van der Waals surface area contributed by atoms with Crippen LogP contribution in [0.1, 0.15) is 43.5 Å². The number of aromatic amines is 1. The molecule has 0 atom stereocenters. The zero-order chi connectivity index (χ0) is 23.4. The second kappa shape index (κ2) is 9.76. The fourth-order valence-corrected chi connectivity index (χ4v) is 3.81. The minimum Gasteiger partial charge on any atom is -0.392 e. The van der Waals surface area contributed by atoms with Crippen molar-refractivity contribution >= 4 is 17.5 Å². The number of anilines is 1. The van der Waals surface area contributed by atoms with Crippen LogP contribution < -0.4 is 4.90 Å². The molecule has 33 heavy (non-hydrogen) atoms. The van der Waals surface area contributed by atoms with Crippen molar-refractivity contribution in [1.82, 2.24) is 24.6 Å². The summed E-state index contributed by atoms with van der Waals surface area (Å²) in [6, 6.07) is 7.44. The average Bonchev–Trinajstić information content (AvgIpc) is 3.47. The summed E-state index contributed by atoms with van der Waals surface area (Å²) in [7, 11) is 0. The molecular weight excluding hydrogens is 416 g/mol. The number of rotatable bonds is 7. The Morgan fingerprint density at radius 1 is 1.18 bits per heavy atom. The Kier molecular flexibility index (Phi) is 6.61. The summed E-state index contributed by atoms with van der Waals surface area (Å²) in [6.45, 7) is 9.85. The maximum absolute atomic E-state index is 13.0. The maximum Gasteiger partial charge on any atom is 0.330 e. The minimum atomic E-state index is -0.0783. The van der Waals surface area contributed by atoms with Crippen molar-refractivity contribution in [1.29, 1.82) is 0 Å². The van der Waals surface area contributed by atoms with Crippen molar-refractivity contribution < 1.29 is 9.90 Å². The molecule has 0 saturated heterocycles. The first-order valence-corrected chi connectivity index (χ1v) is 11.2. The molecule has 0 bridgehead atoms. The summed E-state index contributed by atoms with van der Waals surface area (Å²) in [5, 5.41) is 13.7. The molecule has 1 aliphatic heterocycles. The molecule has 8 heteroatoms. The van der Waals surface area contributed by atoms with Crippen LogP contribution in [0.25, 0.3) is 17.1 Å². The molecule has 0 aliphatic carbocycles. The third-order valence-corrected chi connectivity index (χ3v) is 5.40. The first-order chi connectivity index (χ1) is 16.0. The number of imidazole rings is 1. The van der Waals surface area contributed by atoms with Gasteiger partial charge >= 0.3 is 6.03 Å². The number of fused-ring (bicyclic) bond motifs is 1. The summed E-state index contributed by atoms with van der Waals surface area (Å²) < 4.78 is 1.74. The van der Waals surface area contributed by atoms with Crippen LogP contribution in [0, 0.1) is 11.8 Å². The van der Waals surface area contributed by atoms with Crippen molar-refractivity contribution in [3.63, 3.8) is 0 Å². The fraction of sp³-hybridized carbons (Fsp3) is 0.320. The van der Waals surface area contributed by atoms with E-state index in [9.17, 15) is 9.90 Å². The van der Waals surface area contributed by atoms with Crippen molar-refractivity contribution in [3.8, 4) is 23.2 Å². The van der Waals surface area contributed by atoms with Gasteiger partial charge in [0.1, 0.15) is 18.1 Å². The first-order valence-electron chi connectivity index (χ1n) is 11.2. The number of aliphatic hydroxyl groups excluding tert-OH is 1. The predicted octanol–water partition coefficient (Wildman–Crippen LogP) is 3.85. The van der Waals surface area contributed by atoms with E-state index >= 15 is 0 Å². The quantitative estimate of drug-likeness (QED) is 0.542. The normalized spacial score (nSPS) is 13.2. The van der Waals surface area contributed by atoms with Gasteiger partial charge in [0.05, 0.1) is 24.1 Å². The molecule has 0 fully saturated rings. The van der Waals surface area contributed by atoms with Gasteiger partial charge in [-0.05, 0) is 30.5 Å². The lowest BCUT2D eigenvalue weighted by Gasteiger charge is -2.35. The molecule has 3 aromatic rings. The van der Waals surface area contributed by atoms with Gasteiger partial charge in [0.25, 0.3) is 0 Å². The number of benzene rings is 1. The molecule has 170 valence electrons. The number of nitrogens with zero attached hydrogens (tertiary/aromatic N) is 5. The van der Waals surface area contributed by atoms with Crippen molar-refractivity contribution in [2.45, 2.75) is 39.8 Å². The number of hydrogen-bond acceptors (Lipinski definition) is 4. The summed E-state index contributed by atoms with van der Waals surface area (Å²) in [5.74, 6) is 7.46. The molecule has 0 unspecified atom stereocenters. The largest absolute Gasteiger partial charge is 0.392 e. The summed E-state index contributed by atoms with van der Waals surface area (Å²) in [5.41, 5.74) is 3.91. The Morgan fingerprint density at radius 3 is 2.73 bits per heavy atom. The molecule has 8 nitrogen and oxygen atoms in total. The number of aromatic nitrogens is 4. The van der Waals surface area contributed by atoms with E-state index in [1.54, 1.807) is 20.7 Å². The smallest absolute Gasteiger partial charge is 0.330 e. The van der Waals surface area contributed by atoms with Gasteiger partial charge in [0, 0.05) is 24.8 Å². The zero-order valence-corrected chi connectivity index (χ0v) is 19.0. The van der Waals surface area contributed by atoms with Crippen LogP contribution in [-0.2, 0) is 13.2 Å². The molecule has 2 amide bonds. The molecule has 3 heterocycles. The third-order valence-electron chi connectivity index (χ3n) is 5.40. The molecule has 2 aromatic heterocycles. The molecule has 0 saturated carbocycles. The number of urea groups is 1. The van der Waals surface area contributed by atoms with Gasteiger partial charge in [0.15, 0.2) is 5.82 Å². The summed E-state index contributed by atoms with van der Waals surface area (Å²) >= 11 is 0. The first kappa shape index (κ1) is 22.4. The SMILES string of the molecule is C=C1c2[nH]c(-c3cnn(CC#Cc4cccc(CO)c4)c3)nc2N(CCC)C(=O)N1CCC. The summed E-state index contributed by atoms with van der Waals surface area (Å²) in [6.07, 6.45) is 5.29. The summed E-state index contributed by atoms with van der Waals surface area (Å²) in [4.78, 5) is 24.5. The Morgan fingerprint density at radius 2 is 1.97 bits per heavy atom.